The highest BCUT2D eigenvalue weighted by Gasteiger charge is 2.35. The quantitative estimate of drug-likeness (QED) is 0.275. The Hall–Kier alpha value is -3.23. The second kappa shape index (κ2) is 10.6. The van der Waals surface area contributed by atoms with E-state index in [1.807, 2.05) is 24.3 Å². The molecule has 12 nitrogen and oxygen atoms in total. The summed E-state index contributed by atoms with van der Waals surface area (Å²) in [5.41, 5.74) is 1.16. The zero-order valence-corrected chi connectivity index (χ0v) is 21.3. The highest BCUT2D eigenvalue weighted by Crippen LogP contribution is 2.30. The van der Waals surface area contributed by atoms with Gasteiger partial charge in [0.05, 0.1) is 30.4 Å². The van der Waals surface area contributed by atoms with E-state index in [4.69, 9.17) is 5.14 Å². The van der Waals surface area contributed by atoms with Crippen LogP contribution in [0.3, 0.4) is 0 Å². The van der Waals surface area contributed by atoms with Crippen molar-refractivity contribution in [3.63, 3.8) is 0 Å². The summed E-state index contributed by atoms with van der Waals surface area (Å²) in [5.74, 6) is -0.528. The molecule has 3 atom stereocenters. The van der Waals surface area contributed by atoms with Gasteiger partial charge >= 0.3 is 10.3 Å². The van der Waals surface area contributed by atoms with E-state index >= 15 is 0 Å². The van der Waals surface area contributed by atoms with Crippen LogP contribution in [0, 0.1) is 5.92 Å². The van der Waals surface area contributed by atoms with Gasteiger partial charge in [0.1, 0.15) is 17.8 Å². The molecule has 1 aromatic carbocycles. The van der Waals surface area contributed by atoms with Crippen molar-refractivity contribution in [2.24, 2.45) is 11.1 Å². The third-order valence-electron chi connectivity index (χ3n) is 6.25. The van der Waals surface area contributed by atoms with Gasteiger partial charge in [0, 0.05) is 24.4 Å². The third-order valence-corrected chi connectivity index (χ3v) is 6.72. The fourth-order valence-corrected chi connectivity index (χ4v) is 4.70. The van der Waals surface area contributed by atoms with E-state index in [2.05, 4.69) is 24.6 Å². The minimum absolute atomic E-state index is 0.211. The Morgan fingerprint density at radius 2 is 2.08 bits per heavy atom. The molecule has 0 radical (unpaired) electrons. The summed E-state index contributed by atoms with van der Waals surface area (Å²) in [4.78, 5) is 21.4. The van der Waals surface area contributed by atoms with Gasteiger partial charge in [-0.05, 0) is 43.9 Å². The molecule has 0 bridgehead atoms. The van der Waals surface area contributed by atoms with E-state index < -0.39 is 27.9 Å². The molecule has 1 aliphatic rings. The van der Waals surface area contributed by atoms with Gasteiger partial charge in [0.25, 0.3) is 0 Å². The van der Waals surface area contributed by atoms with E-state index in [1.165, 1.54) is 12.5 Å². The predicted molar refractivity (Wildman–Crippen MR) is 134 cm³/mol. The molecule has 198 valence electrons. The number of aliphatic hydroxyl groups is 2. The Morgan fingerprint density at radius 1 is 1.30 bits per heavy atom. The smallest absolute Gasteiger partial charge is 0.333 e. The van der Waals surface area contributed by atoms with Crippen molar-refractivity contribution < 1.29 is 27.6 Å². The third kappa shape index (κ3) is 6.96. The highest BCUT2D eigenvalue weighted by molar-refractivity contribution is 7.84. The number of ketones is 1. The molecule has 1 saturated carbocycles. The normalized spacial score (nSPS) is 20.2. The van der Waals surface area contributed by atoms with Crippen LogP contribution in [0.2, 0.25) is 0 Å². The van der Waals surface area contributed by atoms with Crippen molar-refractivity contribution in [1.82, 2.24) is 19.7 Å². The fourth-order valence-electron chi connectivity index (χ4n) is 4.33. The van der Waals surface area contributed by atoms with Crippen molar-refractivity contribution in [3.05, 3.63) is 71.4 Å². The summed E-state index contributed by atoms with van der Waals surface area (Å²) in [5, 5.41) is 33.0. The number of carbonyl (C=O) groups is 1. The molecule has 2 aromatic heterocycles. The number of anilines is 1. The zero-order valence-electron chi connectivity index (χ0n) is 20.5. The van der Waals surface area contributed by atoms with Gasteiger partial charge in [-0.15, -0.1) is 0 Å². The van der Waals surface area contributed by atoms with Crippen LogP contribution in [0.4, 0.5) is 5.82 Å². The molecule has 1 aliphatic carbocycles. The monoisotopic (exact) mass is 530 g/mol. The largest absolute Gasteiger partial charge is 0.393 e. The van der Waals surface area contributed by atoms with Crippen LogP contribution >= 0.6 is 0 Å². The standard InChI is InChI=1S/C24H30N6O6S/c1-24(2,33)17-5-3-4-15(8-17)12-30-7-6-20(29-30)22(32)19-11-26-14-27-23(19)28-18-9-16(21(31)10-18)13-36-37(25,34)35/h3-8,11,14,16,18,21,31,33H,9-10,12-13H2,1-2H3,(H2,25,34,35)(H,26,27,28)/t16-,18-,21+/m1/s1. The number of nitrogens with one attached hydrogen (secondary N) is 1. The maximum atomic E-state index is 13.3. The number of nitrogens with two attached hydrogens (primary N) is 1. The summed E-state index contributed by atoms with van der Waals surface area (Å²) < 4.78 is 28.4. The summed E-state index contributed by atoms with van der Waals surface area (Å²) in [7, 11) is -4.10. The van der Waals surface area contributed by atoms with Gasteiger partial charge in [-0.1, -0.05) is 24.3 Å². The molecule has 0 unspecified atom stereocenters. The predicted octanol–water partition coefficient (Wildman–Crippen LogP) is 0.951. The van der Waals surface area contributed by atoms with E-state index in [0.29, 0.717) is 19.4 Å². The first-order chi connectivity index (χ1) is 17.4. The number of nitrogens with zero attached hydrogens (tertiary/aromatic N) is 4. The SMILES string of the molecule is CC(C)(O)c1cccc(Cn2ccc(C(=O)c3cncnc3N[C@@H]3C[C@H](COS(N)(=O)=O)[C@@H](O)C3)n2)c1. The first-order valence-electron chi connectivity index (χ1n) is 11.7. The van der Waals surface area contributed by atoms with Crippen molar-refractivity contribution in [2.75, 3.05) is 11.9 Å². The molecule has 1 fully saturated rings. The van der Waals surface area contributed by atoms with Crippen LogP contribution in [0.25, 0.3) is 0 Å². The fraction of sp³-hybridized carbons (Fsp3) is 0.417. The number of aliphatic hydroxyl groups excluding tert-OH is 1. The second-order valence-electron chi connectivity index (χ2n) is 9.69. The first-order valence-corrected chi connectivity index (χ1v) is 13.2. The van der Waals surface area contributed by atoms with Crippen molar-refractivity contribution in [3.8, 4) is 0 Å². The minimum Gasteiger partial charge on any atom is -0.393 e. The average Bonchev–Trinajstić information content (AvgIpc) is 3.43. The highest BCUT2D eigenvalue weighted by atomic mass is 32.2. The molecule has 13 heteroatoms. The second-order valence-corrected chi connectivity index (χ2v) is 10.9. The lowest BCUT2D eigenvalue weighted by atomic mass is 9.97. The van der Waals surface area contributed by atoms with E-state index in [1.54, 1.807) is 30.8 Å². The molecular weight excluding hydrogens is 500 g/mol. The summed E-state index contributed by atoms with van der Waals surface area (Å²) in [6, 6.07) is 8.87. The molecule has 0 aliphatic heterocycles. The lowest BCUT2D eigenvalue weighted by Crippen LogP contribution is -2.24. The Kier molecular flexibility index (Phi) is 7.71. The van der Waals surface area contributed by atoms with E-state index in [9.17, 15) is 23.4 Å². The number of carbonyl (C=O) groups excluding carboxylic acids is 1. The van der Waals surface area contributed by atoms with Crippen LogP contribution in [-0.4, -0.2) is 62.9 Å². The van der Waals surface area contributed by atoms with E-state index in [0.717, 1.165) is 11.1 Å². The van der Waals surface area contributed by atoms with Gasteiger partial charge in [0.15, 0.2) is 0 Å². The maximum absolute atomic E-state index is 13.3. The molecule has 4 rings (SSSR count). The van der Waals surface area contributed by atoms with Crippen molar-refractivity contribution >= 4 is 21.9 Å². The maximum Gasteiger partial charge on any atom is 0.333 e. The zero-order chi connectivity index (χ0) is 26.8. The molecule has 3 aromatic rings. The molecule has 5 N–H and O–H groups in total. The van der Waals surface area contributed by atoms with Gasteiger partial charge in [-0.25, -0.2) is 15.1 Å². The Balaban J connectivity index is 1.45. The number of benzene rings is 1. The summed E-state index contributed by atoms with van der Waals surface area (Å²) >= 11 is 0. The number of rotatable bonds is 10. The summed E-state index contributed by atoms with van der Waals surface area (Å²) in [6.07, 6.45) is 4.31. The minimum atomic E-state index is -4.10. The number of hydrogen-bond donors (Lipinski definition) is 4. The van der Waals surface area contributed by atoms with Crippen LogP contribution in [0.5, 0.6) is 0 Å². The lowest BCUT2D eigenvalue weighted by molar-refractivity contribution is 0.0785. The summed E-state index contributed by atoms with van der Waals surface area (Å²) in [6.45, 7) is 3.61. The van der Waals surface area contributed by atoms with Gasteiger partial charge < -0.3 is 15.5 Å². The van der Waals surface area contributed by atoms with E-state index in [-0.39, 0.29) is 35.5 Å². The van der Waals surface area contributed by atoms with Crippen LogP contribution in [0.15, 0.2) is 49.1 Å². The van der Waals surface area contributed by atoms with Crippen molar-refractivity contribution in [2.45, 2.75) is 51.0 Å². The Labute approximate surface area is 214 Å². The molecule has 0 saturated heterocycles. The molecule has 0 spiro atoms. The molecule has 37 heavy (non-hydrogen) atoms. The van der Waals surface area contributed by atoms with Crippen LogP contribution in [0.1, 0.15) is 53.9 Å². The number of aromatic nitrogens is 4. The van der Waals surface area contributed by atoms with Crippen LogP contribution < -0.4 is 10.5 Å². The van der Waals surface area contributed by atoms with Gasteiger partial charge in [0.2, 0.25) is 5.78 Å². The average molecular weight is 531 g/mol. The first kappa shape index (κ1) is 26.8. The van der Waals surface area contributed by atoms with Crippen LogP contribution in [-0.2, 0) is 26.6 Å². The van der Waals surface area contributed by atoms with Gasteiger partial charge in [-0.2, -0.15) is 13.5 Å². The number of hydrogen-bond acceptors (Lipinski definition) is 10. The molecule has 0 amide bonds. The Morgan fingerprint density at radius 3 is 2.81 bits per heavy atom. The topological polar surface area (TPSA) is 183 Å². The Bertz CT molecular complexity index is 1370. The van der Waals surface area contributed by atoms with Gasteiger partial charge in [-0.3, -0.25) is 13.7 Å². The van der Waals surface area contributed by atoms with Crippen molar-refractivity contribution in [1.29, 1.82) is 0 Å². The molecule has 2 heterocycles. The lowest BCUT2D eigenvalue weighted by Gasteiger charge is -2.18. The molecular formula is C24H30N6O6S.